The lowest BCUT2D eigenvalue weighted by molar-refractivity contribution is 0.479. The maximum absolute atomic E-state index is 13.3. The highest BCUT2D eigenvalue weighted by Crippen LogP contribution is 2.22. The molecular formula is C15H18FN5. The van der Waals surface area contributed by atoms with Crippen molar-refractivity contribution in [2.45, 2.75) is 18.9 Å². The van der Waals surface area contributed by atoms with Crippen LogP contribution >= 0.6 is 0 Å². The lowest BCUT2D eigenvalue weighted by Crippen LogP contribution is -2.47. The minimum absolute atomic E-state index is 0.287. The normalized spacial score (nSPS) is 18.6. The summed E-state index contributed by atoms with van der Waals surface area (Å²) >= 11 is 0. The molecule has 0 aromatic carbocycles. The summed E-state index contributed by atoms with van der Waals surface area (Å²) in [6.45, 7) is 1.81. The van der Waals surface area contributed by atoms with Gasteiger partial charge in [-0.25, -0.2) is 4.98 Å². The molecule has 1 saturated heterocycles. The fraction of sp³-hybridized carbons (Fsp3) is 0.400. The largest absolute Gasteiger partial charge is 0.355 e. The van der Waals surface area contributed by atoms with E-state index in [0.29, 0.717) is 5.82 Å². The summed E-state index contributed by atoms with van der Waals surface area (Å²) in [5.74, 6) is 1.12. The van der Waals surface area contributed by atoms with Crippen LogP contribution in [0, 0.1) is 5.95 Å². The Bertz CT molecular complexity index is 592. The molecule has 0 radical (unpaired) electrons. The number of nitrogens with zero attached hydrogens (tertiary/aromatic N) is 5. The first-order valence-electron chi connectivity index (χ1n) is 7.12. The van der Waals surface area contributed by atoms with Crippen molar-refractivity contribution in [3.63, 3.8) is 0 Å². The highest BCUT2D eigenvalue weighted by Gasteiger charge is 2.25. The van der Waals surface area contributed by atoms with E-state index in [-0.39, 0.29) is 6.04 Å². The van der Waals surface area contributed by atoms with Crippen LogP contribution in [-0.2, 0) is 0 Å². The molecular weight excluding hydrogens is 269 g/mol. The van der Waals surface area contributed by atoms with E-state index in [0.717, 1.165) is 31.7 Å². The number of halogens is 1. The first-order chi connectivity index (χ1) is 10.2. The summed E-state index contributed by atoms with van der Waals surface area (Å²) in [7, 11) is 1.96. The van der Waals surface area contributed by atoms with Crippen molar-refractivity contribution in [1.29, 1.82) is 0 Å². The number of rotatable bonds is 3. The van der Waals surface area contributed by atoms with E-state index in [1.165, 1.54) is 6.07 Å². The zero-order chi connectivity index (χ0) is 14.7. The van der Waals surface area contributed by atoms with Gasteiger partial charge in [-0.2, -0.15) is 9.49 Å². The quantitative estimate of drug-likeness (QED) is 0.809. The first kappa shape index (κ1) is 13.7. The van der Waals surface area contributed by atoms with Crippen LogP contribution in [0.25, 0.3) is 0 Å². The summed E-state index contributed by atoms with van der Waals surface area (Å²) in [6, 6.07) is 9.04. The van der Waals surface area contributed by atoms with E-state index in [2.05, 4.69) is 20.1 Å². The van der Waals surface area contributed by atoms with Crippen molar-refractivity contribution in [3.05, 3.63) is 42.5 Å². The molecule has 1 fully saturated rings. The maximum atomic E-state index is 13.3. The second-order valence-electron chi connectivity index (χ2n) is 5.25. The molecule has 110 valence electrons. The summed E-state index contributed by atoms with van der Waals surface area (Å²) in [5.41, 5.74) is 0. The van der Waals surface area contributed by atoms with Crippen LogP contribution in [0.1, 0.15) is 12.8 Å². The minimum Gasteiger partial charge on any atom is -0.355 e. The van der Waals surface area contributed by atoms with Gasteiger partial charge in [0.1, 0.15) is 5.82 Å². The Kier molecular flexibility index (Phi) is 3.94. The third-order valence-corrected chi connectivity index (χ3v) is 3.89. The lowest BCUT2D eigenvalue weighted by Gasteiger charge is -2.38. The Hall–Kier alpha value is -2.24. The number of likely N-dealkylation sites (N-methyl/N-ethyl adjacent to an activating group) is 1. The Labute approximate surface area is 123 Å². The second-order valence-corrected chi connectivity index (χ2v) is 5.25. The van der Waals surface area contributed by atoms with Gasteiger partial charge in [0.05, 0.1) is 0 Å². The minimum atomic E-state index is -0.444. The van der Waals surface area contributed by atoms with Gasteiger partial charge in [-0.3, -0.25) is 0 Å². The first-order valence-corrected chi connectivity index (χ1v) is 7.12. The molecule has 0 aliphatic carbocycles. The molecule has 3 heterocycles. The third kappa shape index (κ3) is 3.09. The van der Waals surface area contributed by atoms with Crippen LogP contribution in [0.2, 0.25) is 0 Å². The van der Waals surface area contributed by atoms with Crippen LogP contribution < -0.4 is 9.80 Å². The van der Waals surface area contributed by atoms with Crippen molar-refractivity contribution < 1.29 is 4.39 Å². The number of piperidine rings is 1. The maximum Gasteiger partial charge on any atom is 0.214 e. The molecule has 2 aromatic rings. The lowest BCUT2D eigenvalue weighted by atomic mass is 10.0. The highest BCUT2D eigenvalue weighted by atomic mass is 19.1. The Morgan fingerprint density at radius 3 is 2.95 bits per heavy atom. The molecule has 1 aliphatic heterocycles. The summed E-state index contributed by atoms with van der Waals surface area (Å²) in [5, 5.41) is 8.10. The van der Waals surface area contributed by atoms with Gasteiger partial charge in [0.15, 0.2) is 5.82 Å². The summed E-state index contributed by atoms with van der Waals surface area (Å²) in [4.78, 5) is 8.23. The smallest absolute Gasteiger partial charge is 0.214 e. The molecule has 1 unspecified atom stereocenters. The predicted octanol–water partition coefficient (Wildman–Crippen LogP) is 2.12. The zero-order valence-corrected chi connectivity index (χ0v) is 12.0. The van der Waals surface area contributed by atoms with Gasteiger partial charge in [0.2, 0.25) is 5.95 Å². The van der Waals surface area contributed by atoms with Gasteiger partial charge in [0.25, 0.3) is 0 Å². The fourth-order valence-electron chi connectivity index (χ4n) is 2.72. The Morgan fingerprint density at radius 1 is 1.29 bits per heavy atom. The van der Waals surface area contributed by atoms with Gasteiger partial charge >= 0.3 is 0 Å². The van der Waals surface area contributed by atoms with Gasteiger partial charge < -0.3 is 9.80 Å². The molecule has 5 nitrogen and oxygen atoms in total. The average molecular weight is 287 g/mol. The van der Waals surface area contributed by atoms with Gasteiger partial charge in [0, 0.05) is 32.4 Å². The molecule has 0 saturated carbocycles. The van der Waals surface area contributed by atoms with E-state index in [1.54, 1.807) is 12.3 Å². The molecule has 0 spiro atoms. The van der Waals surface area contributed by atoms with E-state index in [1.807, 2.05) is 30.1 Å². The molecule has 0 bridgehead atoms. The Morgan fingerprint density at radius 2 is 2.19 bits per heavy atom. The summed E-state index contributed by atoms with van der Waals surface area (Å²) in [6.07, 6.45) is 3.81. The number of anilines is 2. The molecule has 6 heteroatoms. The molecule has 0 N–H and O–H groups in total. The van der Waals surface area contributed by atoms with Crippen molar-refractivity contribution >= 4 is 11.6 Å². The molecule has 3 rings (SSSR count). The van der Waals surface area contributed by atoms with Crippen molar-refractivity contribution in [2.75, 3.05) is 29.9 Å². The topological polar surface area (TPSA) is 45.2 Å². The van der Waals surface area contributed by atoms with Gasteiger partial charge in [-0.15, -0.1) is 5.10 Å². The van der Waals surface area contributed by atoms with Gasteiger partial charge in [-0.1, -0.05) is 6.07 Å². The highest BCUT2D eigenvalue weighted by molar-refractivity contribution is 5.42. The predicted molar refractivity (Wildman–Crippen MR) is 79.9 cm³/mol. The van der Waals surface area contributed by atoms with Crippen molar-refractivity contribution in [2.24, 2.45) is 0 Å². The van der Waals surface area contributed by atoms with Crippen molar-refractivity contribution in [1.82, 2.24) is 15.2 Å². The van der Waals surface area contributed by atoms with Crippen LogP contribution in [0.3, 0.4) is 0 Å². The van der Waals surface area contributed by atoms with E-state index in [9.17, 15) is 4.39 Å². The second kappa shape index (κ2) is 6.03. The fourth-order valence-corrected chi connectivity index (χ4v) is 2.72. The number of aromatic nitrogens is 3. The van der Waals surface area contributed by atoms with Crippen LogP contribution in [0.4, 0.5) is 16.0 Å². The van der Waals surface area contributed by atoms with E-state index >= 15 is 0 Å². The van der Waals surface area contributed by atoms with E-state index in [4.69, 9.17) is 0 Å². The molecule has 1 aliphatic rings. The average Bonchev–Trinajstić information content (AvgIpc) is 2.55. The molecule has 21 heavy (non-hydrogen) atoms. The van der Waals surface area contributed by atoms with Crippen molar-refractivity contribution in [3.8, 4) is 0 Å². The summed E-state index contributed by atoms with van der Waals surface area (Å²) < 4.78 is 13.3. The zero-order valence-electron chi connectivity index (χ0n) is 12.0. The Balaban J connectivity index is 1.74. The number of pyridine rings is 1. The number of hydrogen-bond donors (Lipinski definition) is 0. The standard InChI is InChI=1S/C15H18FN5/c1-20(14-7-2-6-13(16)18-14)12-5-4-10-21(11-12)15-8-3-9-17-19-15/h2-3,6-9,12H,4-5,10-11H2,1H3. The van der Waals surface area contributed by atoms with Gasteiger partial charge in [-0.05, 0) is 37.1 Å². The van der Waals surface area contributed by atoms with Crippen LogP contribution in [0.15, 0.2) is 36.5 Å². The van der Waals surface area contributed by atoms with Crippen LogP contribution in [-0.4, -0.2) is 41.4 Å². The number of hydrogen-bond acceptors (Lipinski definition) is 5. The molecule has 1 atom stereocenters. The third-order valence-electron chi connectivity index (χ3n) is 3.89. The SMILES string of the molecule is CN(c1cccc(F)n1)C1CCCN(c2cccnn2)C1. The monoisotopic (exact) mass is 287 g/mol. The van der Waals surface area contributed by atoms with E-state index < -0.39 is 5.95 Å². The molecule has 2 aromatic heterocycles. The van der Waals surface area contributed by atoms with Crippen LogP contribution in [0.5, 0.6) is 0 Å². The molecule has 0 amide bonds.